The van der Waals surface area contributed by atoms with E-state index in [4.69, 9.17) is 5.11 Å². The summed E-state index contributed by atoms with van der Waals surface area (Å²) < 4.78 is 24.7. The first-order chi connectivity index (χ1) is 22.2. The lowest BCUT2D eigenvalue weighted by Crippen LogP contribution is -2.19. The van der Waals surface area contributed by atoms with Gasteiger partial charge < -0.3 is 10.4 Å². The molecule has 0 rings (SSSR count). The number of carboxylic acid groups (broad SMARTS) is 1. The van der Waals surface area contributed by atoms with E-state index in [9.17, 15) is 27.6 Å². The average Bonchev–Trinajstić information content (AvgIpc) is 3.00. The molecule has 270 valence electrons. The fraction of sp³-hybridized carbons (Fsp3) is 0.892. The number of ketones is 2. The highest BCUT2D eigenvalue weighted by Gasteiger charge is 2.17. The van der Waals surface area contributed by atoms with Gasteiger partial charge in [0.25, 0.3) is 0 Å². The normalized spacial score (nSPS) is 11.5. The van der Waals surface area contributed by atoms with E-state index in [1.807, 2.05) is 0 Å². The van der Waals surface area contributed by atoms with Gasteiger partial charge in [0, 0.05) is 39.2 Å². The van der Waals surface area contributed by atoms with E-state index in [1.165, 1.54) is 77.0 Å². The van der Waals surface area contributed by atoms with Crippen LogP contribution in [0.3, 0.4) is 0 Å². The Hall–Kier alpha value is -1.77. The molecule has 0 radical (unpaired) electrons. The summed E-state index contributed by atoms with van der Waals surface area (Å²) in [5, 5.41) is 11.3. The number of unbranched alkanes of at least 4 members (excludes halogenated alkanes) is 22. The predicted octanol–water partition coefficient (Wildman–Crippen LogP) is 9.07. The molecule has 0 fully saturated rings. The first kappa shape index (κ1) is 44.2. The van der Waals surface area contributed by atoms with Crippen molar-refractivity contribution in [2.45, 2.75) is 193 Å². The molecule has 0 bridgehead atoms. The molecule has 0 aliphatic rings. The molecule has 46 heavy (non-hydrogen) atoms. The largest absolute Gasteiger partial charge is 0.481 e. The molecule has 2 N–H and O–H groups in total. The zero-order valence-corrected chi connectivity index (χ0v) is 30.2. The lowest BCUT2D eigenvalue weighted by atomic mass is 10.0. The SMILES string of the molecule is CNC(=O)CCCCCCCCCCCCC(=O)CCCS(=O)(=O)CC(=O)CCCCCCCCCCCCCCCCC(=O)O. The van der Waals surface area contributed by atoms with Gasteiger partial charge in [0.2, 0.25) is 5.91 Å². The van der Waals surface area contributed by atoms with Gasteiger partial charge in [0.1, 0.15) is 17.3 Å². The maximum atomic E-state index is 12.3. The summed E-state index contributed by atoms with van der Waals surface area (Å²) in [6.07, 6.45) is 29.0. The van der Waals surface area contributed by atoms with Crippen LogP contribution in [0, 0.1) is 0 Å². The third kappa shape index (κ3) is 33.6. The van der Waals surface area contributed by atoms with Crippen LogP contribution >= 0.6 is 0 Å². The van der Waals surface area contributed by atoms with Crippen molar-refractivity contribution in [3.8, 4) is 0 Å². The fourth-order valence-electron chi connectivity index (χ4n) is 5.87. The van der Waals surface area contributed by atoms with Crippen molar-refractivity contribution in [2.24, 2.45) is 0 Å². The molecule has 1 amide bonds. The van der Waals surface area contributed by atoms with Crippen LogP contribution in [0.4, 0.5) is 0 Å². The van der Waals surface area contributed by atoms with Crippen LogP contribution in [-0.2, 0) is 29.0 Å². The van der Waals surface area contributed by atoms with Crippen LogP contribution in [0.15, 0.2) is 0 Å². The standard InChI is InChI=1S/C37H69NO7S/c1-38-36(41)30-24-20-16-12-9-8-10-14-18-22-27-34(39)29-26-32-46(44,45)33-35(40)28-23-19-15-11-6-4-2-3-5-7-13-17-21-25-31-37(42)43/h2-33H2,1H3,(H,38,41)(H,42,43). The summed E-state index contributed by atoms with van der Waals surface area (Å²) in [5.74, 6) is -1.12. The monoisotopic (exact) mass is 671 g/mol. The van der Waals surface area contributed by atoms with E-state index in [2.05, 4.69) is 5.32 Å². The molecule has 0 atom stereocenters. The number of nitrogens with one attached hydrogen (secondary N) is 1. The van der Waals surface area contributed by atoms with E-state index >= 15 is 0 Å². The number of carbonyl (C=O) groups excluding carboxylic acids is 3. The van der Waals surface area contributed by atoms with Gasteiger partial charge >= 0.3 is 5.97 Å². The molecule has 0 aromatic carbocycles. The van der Waals surface area contributed by atoms with E-state index < -0.39 is 15.8 Å². The second-order valence-corrected chi connectivity index (χ2v) is 15.5. The summed E-state index contributed by atoms with van der Waals surface area (Å²) in [4.78, 5) is 46.0. The number of sulfone groups is 1. The molecular formula is C37H69NO7S. The molecule has 0 saturated heterocycles. The second-order valence-electron chi connectivity index (χ2n) is 13.3. The minimum atomic E-state index is -3.44. The predicted molar refractivity (Wildman–Crippen MR) is 189 cm³/mol. The first-order valence-electron chi connectivity index (χ1n) is 18.8. The van der Waals surface area contributed by atoms with Crippen molar-refractivity contribution in [2.75, 3.05) is 18.6 Å². The second kappa shape index (κ2) is 31.8. The quantitative estimate of drug-likeness (QED) is 0.0635. The lowest BCUT2D eigenvalue weighted by molar-refractivity contribution is -0.137. The van der Waals surface area contributed by atoms with Gasteiger partial charge in [-0.05, 0) is 32.1 Å². The van der Waals surface area contributed by atoms with Crippen molar-refractivity contribution in [1.29, 1.82) is 0 Å². The Labute approximate surface area is 281 Å². The topological polar surface area (TPSA) is 135 Å². The molecule has 0 aromatic rings. The van der Waals surface area contributed by atoms with E-state index in [-0.39, 0.29) is 41.8 Å². The third-order valence-electron chi connectivity index (χ3n) is 8.78. The van der Waals surface area contributed by atoms with Crippen LogP contribution in [0.5, 0.6) is 0 Å². The molecule has 9 heteroatoms. The molecule has 0 spiro atoms. The Morgan fingerprint density at radius 3 is 1.11 bits per heavy atom. The smallest absolute Gasteiger partial charge is 0.303 e. The van der Waals surface area contributed by atoms with Gasteiger partial charge in [0.15, 0.2) is 9.84 Å². The van der Waals surface area contributed by atoms with Gasteiger partial charge in [-0.1, -0.05) is 128 Å². The van der Waals surface area contributed by atoms with E-state index in [0.717, 1.165) is 77.0 Å². The van der Waals surface area contributed by atoms with Crippen molar-refractivity contribution in [1.82, 2.24) is 5.32 Å². The van der Waals surface area contributed by atoms with Gasteiger partial charge in [-0.2, -0.15) is 0 Å². The highest BCUT2D eigenvalue weighted by atomic mass is 32.2. The zero-order chi connectivity index (χ0) is 34.1. The van der Waals surface area contributed by atoms with Gasteiger partial charge in [-0.3, -0.25) is 19.2 Å². The molecule has 0 heterocycles. The number of hydrogen-bond donors (Lipinski definition) is 2. The summed E-state index contributed by atoms with van der Waals surface area (Å²) in [5.41, 5.74) is 0. The summed E-state index contributed by atoms with van der Waals surface area (Å²) in [6, 6.07) is 0. The van der Waals surface area contributed by atoms with Crippen molar-refractivity contribution in [3.05, 3.63) is 0 Å². The Morgan fingerprint density at radius 1 is 0.435 bits per heavy atom. The van der Waals surface area contributed by atoms with Crippen molar-refractivity contribution in [3.63, 3.8) is 0 Å². The van der Waals surface area contributed by atoms with Crippen LogP contribution < -0.4 is 5.32 Å². The maximum absolute atomic E-state index is 12.3. The number of rotatable bonds is 36. The molecule has 0 unspecified atom stereocenters. The molecule has 0 aromatic heterocycles. The summed E-state index contributed by atoms with van der Waals surface area (Å²) >= 11 is 0. The van der Waals surface area contributed by atoms with E-state index in [0.29, 0.717) is 25.7 Å². The molecular weight excluding hydrogens is 602 g/mol. The van der Waals surface area contributed by atoms with Crippen LogP contribution in [0.1, 0.15) is 193 Å². The fourth-order valence-corrected chi connectivity index (χ4v) is 7.23. The number of hydrogen-bond acceptors (Lipinski definition) is 6. The summed E-state index contributed by atoms with van der Waals surface area (Å²) in [7, 11) is -1.77. The van der Waals surface area contributed by atoms with Crippen molar-refractivity contribution >= 4 is 33.3 Å². The zero-order valence-electron chi connectivity index (χ0n) is 29.4. The number of carbonyl (C=O) groups is 4. The minimum Gasteiger partial charge on any atom is -0.481 e. The molecule has 0 aliphatic heterocycles. The van der Waals surface area contributed by atoms with Gasteiger partial charge in [-0.25, -0.2) is 8.42 Å². The average molecular weight is 672 g/mol. The number of Topliss-reactive ketones (excluding diaryl/α,β-unsaturated/α-hetero) is 2. The Bertz CT molecular complexity index is 888. The third-order valence-corrected chi connectivity index (χ3v) is 10.4. The van der Waals surface area contributed by atoms with Crippen LogP contribution in [0.2, 0.25) is 0 Å². The minimum absolute atomic E-state index is 0.0803. The number of carboxylic acids is 1. The highest BCUT2D eigenvalue weighted by molar-refractivity contribution is 7.92. The Kier molecular flexibility index (Phi) is 30.6. The van der Waals surface area contributed by atoms with E-state index in [1.54, 1.807) is 7.05 Å². The first-order valence-corrected chi connectivity index (χ1v) is 20.6. The number of amides is 1. The Balaban J connectivity index is 3.53. The van der Waals surface area contributed by atoms with Gasteiger partial charge in [-0.15, -0.1) is 0 Å². The lowest BCUT2D eigenvalue weighted by Gasteiger charge is -2.05. The number of aliphatic carboxylic acids is 1. The van der Waals surface area contributed by atoms with Crippen molar-refractivity contribution < 1.29 is 32.7 Å². The van der Waals surface area contributed by atoms with Crippen LogP contribution in [0.25, 0.3) is 0 Å². The summed E-state index contributed by atoms with van der Waals surface area (Å²) in [6.45, 7) is 0. The molecule has 8 nitrogen and oxygen atoms in total. The highest BCUT2D eigenvalue weighted by Crippen LogP contribution is 2.15. The molecule has 0 saturated carbocycles. The Morgan fingerprint density at radius 2 is 0.739 bits per heavy atom. The van der Waals surface area contributed by atoms with Crippen LogP contribution in [-0.4, -0.2) is 55.5 Å². The molecule has 0 aliphatic carbocycles. The van der Waals surface area contributed by atoms with Gasteiger partial charge in [0.05, 0.1) is 5.75 Å². The maximum Gasteiger partial charge on any atom is 0.303 e.